The van der Waals surface area contributed by atoms with Crippen LogP contribution < -0.4 is 4.90 Å². The number of aryl methyl sites for hydroxylation is 1. The van der Waals surface area contributed by atoms with Gasteiger partial charge >= 0.3 is 0 Å². The minimum atomic E-state index is -0.201. The molecule has 0 saturated carbocycles. The number of halogens is 1. The topological polar surface area (TPSA) is 82.7 Å². The Bertz CT molecular complexity index is 1020. The summed E-state index contributed by atoms with van der Waals surface area (Å²) in [5, 5.41) is 17.7. The van der Waals surface area contributed by atoms with Crippen LogP contribution in [-0.2, 0) is 13.1 Å². The number of anilines is 1. The van der Waals surface area contributed by atoms with E-state index in [0.29, 0.717) is 43.5 Å². The van der Waals surface area contributed by atoms with E-state index >= 15 is 0 Å². The van der Waals surface area contributed by atoms with Crippen molar-refractivity contribution in [3.8, 4) is 5.75 Å². The highest BCUT2D eigenvalue weighted by Gasteiger charge is 2.27. The zero-order valence-electron chi connectivity index (χ0n) is 15.3. The molecule has 0 saturated heterocycles. The third-order valence-electron chi connectivity index (χ3n) is 4.67. The van der Waals surface area contributed by atoms with Crippen molar-refractivity contribution in [3.05, 3.63) is 70.4 Å². The van der Waals surface area contributed by atoms with Gasteiger partial charge in [-0.15, -0.1) is 10.2 Å². The van der Waals surface area contributed by atoms with Gasteiger partial charge in [0, 0.05) is 32.2 Å². The highest BCUT2D eigenvalue weighted by Crippen LogP contribution is 2.29. The van der Waals surface area contributed by atoms with Gasteiger partial charge in [0.1, 0.15) is 5.75 Å². The lowest BCUT2D eigenvalue weighted by Crippen LogP contribution is -2.36. The molecule has 0 atom stereocenters. The van der Waals surface area contributed by atoms with Crippen LogP contribution in [0.4, 0.5) is 5.69 Å². The normalized spacial score (nSPS) is 14.6. The summed E-state index contributed by atoms with van der Waals surface area (Å²) in [6, 6.07) is 12.2. The Balaban J connectivity index is 1.63. The smallest absolute Gasteiger partial charge is 0.259 e. The molecule has 0 radical (unpaired) electrons. The van der Waals surface area contributed by atoms with Crippen LogP contribution in [0.2, 0.25) is 5.02 Å². The fourth-order valence-corrected chi connectivity index (χ4v) is 3.61. The first kappa shape index (κ1) is 18.5. The Kier molecular flexibility index (Phi) is 5.02. The number of rotatable bonds is 3. The molecule has 1 aliphatic heterocycles. The summed E-state index contributed by atoms with van der Waals surface area (Å²) in [5.41, 5.74) is 2.23. The third-order valence-corrected chi connectivity index (χ3v) is 4.98. The maximum Gasteiger partial charge on any atom is 0.259 e. The third kappa shape index (κ3) is 3.72. The Morgan fingerprint density at radius 3 is 2.79 bits per heavy atom. The van der Waals surface area contributed by atoms with Gasteiger partial charge in [0.05, 0.1) is 17.1 Å². The predicted molar refractivity (Wildman–Crippen MR) is 104 cm³/mol. The number of nitrogens with zero attached hydrogens (tertiary/aromatic N) is 4. The average molecular weight is 399 g/mol. The van der Waals surface area contributed by atoms with E-state index in [1.165, 1.54) is 12.1 Å². The largest absolute Gasteiger partial charge is 0.508 e. The number of para-hydroxylation sites is 1. The molecule has 1 aromatic heterocycles. The Labute approximate surface area is 167 Å². The van der Waals surface area contributed by atoms with Gasteiger partial charge in [-0.2, -0.15) is 0 Å². The van der Waals surface area contributed by atoms with E-state index in [1.807, 2.05) is 24.3 Å². The van der Waals surface area contributed by atoms with Crippen molar-refractivity contribution < 1.29 is 14.3 Å². The van der Waals surface area contributed by atoms with Gasteiger partial charge in [-0.1, -0.05) is 29.8 Å². The fraction of sp³-hybridized carbons (Fsp3) is 0.250. The van der Waals surface area contributed by atoms with Crippen LogP contribution in [0.25, 0.3) is 0 Å². The van der Waals surface area contributed by atoms with Crippen molar-refractivity contribution >= 4 is 23.2 Å². The first-order chi connectivity index (χ1) is 13.5. The Morgan fingerprint density at radius 1 is 1.21 bits per heavy atom. The van der Waals surface area contributed by atoms with E-state index in [9.17, 15) is 9.90 Å². The number of hydrogen-bond donors (Lipinski definition) is 1. The van der Waals surface area contributed by atoms with Crippen molar-refractivity contribution in [2.75, 3.05) is 18.0 Å². The van der Waals surface area contributed by atoms with Crippen molar-refractivity contribution in [2.24, 2.45) is 0 Å². The minimum Gasteiger partial charge on any atom is -0.508 e. The monoisotopic (exact) mass is 398 g/mol. The number of carbonyl (C=O) groups is 1. The standard InChI is InChI=1S/C20H19ClN4O3/c1-13-22-23-19(28-13)12-24-8-9-25(18-5-3-2-4-14(18)11-24)20(27)16-7-6-15(26)10-17(16)21/h2-7,10,26H,8-9,11-12H2,1H3. The predicted octanol–water partition coefficient (Wildman–Crippen LogP) is 3.40. The number of benzene rings is 2. The minimum absolute atomic E-state index is 0.0267. The molecule has 2 aromatic carbocycles. The Morgan fingerprint density at radius 2 is 2.04 bits per heavy atom. The molecule has 0 bridgehead atoms. The van der Waals surface area contributed by atoms with Crippen LogP contribution in [0.1, 0.15) is 27.7 Å². The quantitative estimate of drug-likeness (QED) is 0.728. The van der Waals surface area contributed by atoms with Crippen LogP contribution in [0.15, 0.2) is 46.9 Å². The summed E-state index contributed by atoms with van der Waals surface area (Å²) in [5.74, 6) is 0.909. The fourth-order valence-electron chi connectivity index (χ4n) is 3.35. The highest BCUT2D eigenvalue weighted by atomic mass is 35.5. The molecule has 0 aliphatic carbocycles. The zero-order chi connectivity index (χ0) is 19.7. The van der Waals surface area contributed by atoms with Crippen LogP contribution in [0.5, 0.6) is 5.75 Å². The van der Waals surface area contributed by atoms with E-state index < -0.39 is 0 Å². The van der Waals surface area contributed by atoms with E-state index in [2.05, 4.69) is 15.1 Å². The second-order valence-corrected chi connectivity index (χ2v) is 7.08. The molecule has 2 heterocycles. The molecular formula is C20H19ClN4O3. The molecule has 28 heavy (non-hydrogen) atoms. The zero-order valence-corrected chi connectivity index (χ0v) is 16.1. The summed E-state index contributed by atoms with van der Waals surface area (Å²) >= 11 is 6.20. The van der Waals surface area contributed by atoms with Gasteiger partial charge in [-0.3, -0.25) is 9.69 Å². The molecule has 1 amide bonds. The number of carbonyl (C=O) groups excluding carboxylic acids is 1. The van der Waals surface area contributed by atoms with Crippen LogP contribution >= 0.6 is 11.6 Å². The van der Waals surface area contributed by atoms with Gasteiger partial charge in [0.25, 0.3) is 5.91 Å². The van der Waals surface area contributed by atoms with Crippen molar-refractivity contribution in [1.29, 1.82) is 0 Å². The summed E-state index contributed by atoms with van der Waals surface area (Å²) in [4.78, 5) is 17.1. The van der Waals surface area contributed by atoms with Gasteiger partial charge in [-0.25, -0.2) is 0 Å². The molecule has 8 heteroatoms. The summed E-state index contributed by atoms with van der Waals surface area (Å²) in [6.45, 7) is 4.05. The first-order valence-corrected chi connectivity index (χ1v) is 9.28. The lowest BCUT2D eigenvalue weighted by atomic mass is 10.1. The highest BCUT2D eigenvalue weighted by molar-refractivity contribution is 6.34. The Hall–Kier alpha value is -2.90. The average Bonchev–Trinajstić information content (AvgIpc) is 2.97. The van der Waals surface area contributed by atoms with Crippen molar-refractivity contribution in [1.82, 2.24) is 15.1 Å². The molecule has 0 spiro atoms. The van der Waals surface area contributed by atoms with Crippen LogP contribution in [0, 0.1) is 6.92 Å². The number of aromatic hydroxyl groups is 1. The lowest BCUT2D eigenvalue weighted by Gasteiger charge is -2.23. The van der Waals surface area contributed by atoms with E-state index in [-0.39, 0.29) is 16.7 Å². The van der Waals surface area contributed by atoms with E-state index in [1.54, 1.807) is 17.9 Å². The summed E-state index contributed by atoms with van der Waals surface area (Å²) in [6.07, 6.45) is 0. The van der Waals surface area contributed by atoms with Crippen LogP contribution in [0.3, 0.4) is 0 Å². The van der Waals surface area contributed by atoms with Gasteiger partial charge in [-0.05, 0) is 29.8 Å². The molecule has 0 fully saturated rings. The maximum absolute atomic E-state index is 13.2. The number of amides is 1. The second-order valence-electron chi connectivity index (χ2n) is 6.68. The number of fused-ring (bicyclic) bond motifs is 1. The summed E-state index contributed by atoms with van der Waals surface area (Å²) in [7, 11) is 0. The van der Waals surface area contributed by atoms with Crippen molar-refractivity contribution in [2.45, 2.75) is 20.0 Å². The summed E-state index contributed by atoms with van der Waals surface area (Å²) < 4.78 is 5.50. The molecule has 3 aromatic rings. The molecule has 4 rings (SSSR count). The van der Waals surface area contributed by atoms with Gasteiger partial charge in [0.2, 0.25) is 11.8 Å². The molecule has 0 unspecified atom stereocenters. The second kappa shape index (κ2) is 7.61. The maximum atomic E-state index is 13.2. The molecular weight excluding hydrogens is 380 g/mol. The molecule has 7 nitrogen and oxygen atoms in total. The number of hydrogen-bond acceptors (Lipinski definition) is 6. The lowest BCUT2D eigenvalue weighted by molar-refractivity contribution is 0.0985. The van der Waals surface area contributed by atoms with Gasteiger partial charge < -0.3 is 14.4 Å². The van der Waals surface area contributed by atoms with Crippen molar-refractivity contribution in [3.63, 3.8) is 0 Å². The van der Waals surface area contributed by atoms with Gasteiger partial charge in [0.15, 0.2) is 0 Å². The first-order valence-electron chi connectivity index (χ1n) is 8.91. The number of phenols is 1. The number of phenolic OH excluding ortho intramolecular Hbond substituents is 1. The molecule has 1 N–H and O–H groups in total. The number of aromatic nitrogens is 2. The SMILES string of the molecule is Cc1nnc(CN2CCN(C(=O)c3ccc(O)cc3Cl)c3ccccc3C2)o1. The van der Waals surface area contributed by atoms with E-state index in [4.69, 9.17) is 16.0 Å². The van der Waals surface area contributed by atoms with Crippen LogP contribution in [-0.4, -0.2) is 39.2 Å². The molecule has 1 aliphatic rings. The molecule has 144 valence electrons. The van der Waals surface area contributed by atoms with E-state index in [0.717, 1.165) is 11.3 Å².